The van der Waals surface area contributed by atoms with E-state index in [-0.39, 0.29) is 79.7 Å². The van der Waals surface area contributed by atoms with Crippen LogP contribution in [0.1, 0.15) is 34.1 Å². The van der Waals surface area contributed by atoms with E-state index < -0.39 is 14.5 Å². The molecular weight excluding hydrogens is 472 g/mol. The van der Waals surface area contributed by atoms with E-state index >= 15 is 0 Å². The summed E-state index contributed by atoms with van der Waals surface area (Å²) in [6, 6.07) is 0.583. The molecule has 5 N–H and O–H groups in total. The molecule has 7 nitrogen and oxygen atoms in total. The minimum absolute atomic E-state index is 0. The minimum atomic E-state index is -2.47. The van der Waals surface area contributed by atoms with E-state index in [2.05, 4.69) is 27.0 Å². The molecule has 0 aromatic carbocycles. The van der Waals surface area contributed by atoms with E-state index in [1.165, 1.54) is 19.8 Å². The topological polar surface area (TPSA) is 128 Å². The van der Waals surface area contributed by atoms with Crippen molar-refractivity contribution in [2.45, 2.75) is 40.2 Å². The first kappa shape index (κ1) is 56.8. The van der Waals surface area contributed by atoms with Crippen molar-refractivity contribution in [2.24, 2.45) is 5.92 Å². The average molecular weight is 520 g/mol. The van der Waals surface area contributed by atoms with E-state index in [0.29, 0.717) is 24.0 Å². The van der Waals surface area contributed by atoms with Gasteiger partial charge in [-0.3, -0.25) is 0 Å². The molecule has 0 rings (SSSR count). The van der Waals surface area contributed by atoms with Crippen LogP contribution in [-0.4, -0.2) is 57.6 Å². The maximum Gasteiger partial charge on any atom is 4.00 e. The van der Waals surface area contributed by atoms with Gasteiger partial charge < -0.3 is 59.4 Å². The van der Waals surface area contributed by atoms with Crippen molar-refractivity contribution >= 4 is 14.5 Å². The van der Waals surface area contributed by atoms with Gasteiger partial charge in [0.15, 0.2) is 0 Å². The molecule has 0 amide bonds. The van der Waals surface area contributed by atoms with Crippen LogP contribution in [0.4, 0.5) is 0 Å². The normalized spacial score (nSPS) is 8.14. The molecular formula is C20H48O7SiZr. The van der Waals surface area contributed by atoms with E-state index in [1.807, 2.05) is 6.92 Å². The van der Waals surface area contributed by atoms with Crippen molar-refractivity contribution in [2.75, 3.05) is 27.1 Å². The van der Waals surface area contributed by atoms with Gasteiger partial charge in [0, 0.05) is 19.8 Å². The third-order valence-corrected chi connectivity index (χ3v) is 6.34. The zero-order chi connectivity index (χ0) is 17.8. The maximum atomic E-state index is 11.1. The van der Waals surface area contributed by atoms with Gasteiger partial charge in [0.25, 0.3) is 0 Å². The number of hydrogen-bond acceptors (Lipinski definition) is 5. The summed E-state index contributed by atoms with van der Waals surface area (Å²) in [6.07, 6.45) is 0.502. The maximum absolute atomic E-state index is 11.1. The van der Waals surface area contributed by atoms with E-state index in [0.717, 1.165) is 0 Å². The summed E-state index contributed by atoms with van der Waals surface area (Å²) >= 11 is 0. The van der Waals surface area contributed by atoms with Gasteiger partial charge in [0.1, 0.15) is 0 Å². The Balaban J connectivity index is -0.0000000392. The second-order valence-corrected chi connectivity index (χ2v) is 8.95. The number of aliphatic hydroxyl groups excluding tert-OH is 1. The van der Waals surface area contributed by atoms with Crippen LogP contribution in [-0.2, 0) is 44.6 Å². The van der Waals surface area contributed by atoms with E-state index in [9.17, 15) is 4.79 Å². The Morgan fingerprint density at radius 1 is 1.00 bits per heavy atom. The Morgan fingerprint density at radius 3 is 1.55 bits per heavy atom. The van der Waals surface area contributed by atoms with Crippen molar-refractivity contribution in [3.63, 3.8) is 0 Å². The fraction of sp³-hybridized carbons (Fsp3) is 0.550. The summed E-state index contributed by atoms with van der Waals surface area (Å²) in [5, 5.41) is 9.16. The van der Waals surface area contributed by atoms with Gasteiger partial charge in [-0.05, 0) is 32.2 Å². The number of allylic oxidation sites excluding steroid dienone is 1. The van der Waals surface area contributed by atoms with Crippen LogP contribution in [0.25, 0.3) is 0 Å². The van der Waals surface area contributed by atoms with Crippen LogP contribution in [0, 0.1) is 35.6 Å². The van der Waals surface area contributed by atoms with Crippen LogP contribution in [0.2, 0.25) is 6.04 Å². The monoisotopic (exact) mass is 518 g/mol. The molecule has 0 heterocycles. The quantitative estimate of drug-likeness (QED) is 0.125. The zero-order valence-corrected chi connectivity index (χ0v) is 23.9. The standard InChI is InChI=1S/C10H20O5Si.C6H12.4CH3.2H2O.Zr/c1-9(2)10(12)15-6-5-7-16(8-11,13-3)14-4;1-5(2)6(3)4;;;;;;;/h11H,1,5-8H2,2-4H3;6H,1H2,2-4H3;4*1H3;2*1H2;/q;;4*-1;;;+4. The molecule has 29 heavy (non-hydrogen) atoms. The fourth-order valence-electron chi connectivity index (χ4n) is 1.13. The molecule has 0 saturated carbocycles. The molecule has 0 bridgehead atoms. The van der Waals surface area contributed by atoms with Gasteiger partial charge in [-0.2, -0.15) is 0 Å². The first-order valence-electron chi connectivity index (χ1n) is 7.35. The summed E-state index contributed by atoms with van der Waals surface area (Å²) in [5.41, 5.74) is 1.64. The summed E-state index contributed by atoms with van der Waals surface area (Å²) in [6.45, 7) is 15.4. The van der Waals surface area contributed by atoms with Crippen molar-refractivity contribution in [1.82, 2.24) is 0 Å². The van der Waals surface area contributed by atoms with Crippen LogP contribution in [0.5, 0.6) is 0 Å². The summed E-state index contributed by atoms with van der Waals surface area (Å²) in [7, 11) is 0.565. The molecule has 0 fully saturated rings. The second kappa shape index (κ2) is 32.5. The Morgan fingerprint density at radius 2 is 1.34 bits per heavy atom. The van der Waals surface area contributed by atoms with E-state index in [1.54, 1.807) is 6.92 Å². The van der Waals surface area contributed by atoms with Gasteiger partial charge in [-0.1, -0.05) is 32.6 Å². The predicted molar refractivity (Wildman–Crippen MR) is 125 cm³/mol. The molecule has 0 spiro atoms. The van der Waals surface area contributed by atoms with Crippen LogP contribution in [0.3, 0.4) is 0 Å². The first-order valence-corrected chi connectivity index (χ1v) is 9.58. The Labute approximate surface area is 201 Å². The molecule has 0 aromatic rings. The second-order valence-electron chi connectivity index (χ2n) is 5.50. The van der Waals surface area contributed by atoms with Gasteiger partial charge in [-0.25, -0.2) is 4.79 Å². The molecule has 0 unspecified atom stereocenters. The summed E-state index contributed by atoms with van der Waals surface area (Å²) in [5.74, 6) is 0.260. The molecule has 9 heteroatoms. The molecule has 0 saturated heterocycles. The van der Waals surface area contributed by atoms with Gasteiger partial charge in [-0.15, -0.1) is 0 Å². The molecule has 0 aliphatic heterocycles. The number of carbonyl (C=O) groups is 1. The predicted octanol–water partition coefficient (Wildman–Crippen LogP) is 3.13. The first-order chi connectivity index (χ1) is 10.2. The largest absolute Gasteiger partial charge is 4.00 e. The number of rotatable bonds is 9. The summed E-state index contributed by atoms with van der Waals surface area (Å²) < 4.78 is 15.3. The average Bonchev–Trinajstić information content (AvgIpc) is 2.48. The minimum Gasteiger partial charge on any atom is -0.462 e. The number of esters is 1. The third kappa shape index (κ3) is 30.1. The fourth-order valence-corrected chi connectivity index (χ4v) is 2.80. The summed E-state index contributed by atoms with van der Waals surface area (Å²) in [4.78, 5) is 11.1. The number of aliphatic hydroxyl groups is 1. The SMILES string of the molecule is C=C(C)C(=O)OCCC[Si](CO)(OC)OC.C=C(C)C(C)C.O.O.[CH3-].[CH3-].[CH3-].[CH3-].[Zr+4]. The van der Waals surface area contributed by atoms with Crippen LogP contribution < -0.4 is 0 Å². The van der Waals surface area contributed by atoms with Gasteiger partial charge in [0.2, 0.25) is 0 Å². The van der Waals surface area contributed by atoms with Crippen LogP contribution >= 0.6 is 0 Å². The van der Waals surface area contributed by atoms with E-state index in [4.69, 9.17) is 18.7 Å². The number of ether oxygens (including phenoxy) is 1. The zero-order valence-electron chi connectivity index (χ0n) is 20.4. The van der Waals surface area contributed by atoms with Gasteiger partial charge >= 0.3 is 40.7 Å². The molecule has 0 radical (unpaired) electrons. The molecule has 0 atom stereocenters. The molecule has 0 aliphatic rings. The van der Waals surface area contributed by atoms with Crippen molar-refractivity contribution < 1.29 is 60.6 Å². The number of carbonyl (C=O) groups excluding carboxylic acids is 1. The molecule has 0 aromatic heterocycles. The molecule has 178 valence electrons. The Hall–Kier alpha value is -0.150. The van der Waals surface area contributed by atoms with Crippen molar-refractivity contribution in [3.05, 3.63) is 54.0 Å². The van der Waals surface area contributed by atoms with Gasteiger partial charge in [0.05, 0.1) is 12.8 Å². The smallest absolute Gasteiger partial charge is 0.462 e. The molecule has 0 aliphatic carbocycles. The van der Waals surface area contributed by atoms with Crippen molar-refractivity contribution in [1.29, 1.82) is 0 Å². The number of hydrogen-bond donors (Lipinski definition) is 1. The third-order valence-electron chi connectivity index (χ3n) is 3.25. The van der Waals surface area contributed by atoms with Crippen LogP contribution in [0.15, 0.2) is 24.3 Å². The Kier molecular flexibility index (Phi) is 63.7. The van der Waals surface area contributed by atoms with Crippen molar-refractivity contribution in [3.8, 4) is 0 Å². The Bertz CT molecular complexity index is 352.